The number of aromatic nitrogens is 2. The van der Waals surface area contributed by atoms with Crippen LogP contribution in [0.2, 0.25) is 0 Å². The van der Waals surface area contributed by atoms with E-state index in [1.54, 1.807) is 51.6 Å². The minimum absolute atomic E-state index is 0.0758. The van der Waals surface area contributed by atoms with Gasteiger partial charge in [0, 0.05) is 30.7 Å². The van der Waals surface area contributed by atoms with Gasteiger partial charge in [-0.2, -0.15) is 0 Å². The van der Waals surface area contributed by atoms with E-state index in [9.17, 15) is 24.0 Å². The van der Waals surface area contributed by atoms with Crippen LogP contribution < -0.4 is 16.1 Å². The maximum Gasteiger partial charge on any atom is 0.325 e. The highest BCUT2D eigenvalue weighted by Crippen LogP contribution is 2.27. The van der Waals surface area contributed by atoms with Crippen LogP contribution in [0.5, 0.6) is 0 Å². The number of alkyl halides is 3. The second kappa shape index (κ2) is 18.7. The highest BCUT2D eigenvalue weighted by atomic mass is 35.6. The van der Waals surface area contributed by atoms with Crippen molar-refractivity contribution in [1.29, 1.82) is 0 Å². The third-order valence-electron chi connectivity index (χ3n) is 8.64. The number of carbonyl (C=O) groups is 5. The molecule has 4 rings (SSSR count). The lowest BCUT2D eigenvalue weighted by Gasteiger charge is -2.35. The van der Waals surface area contributed by atoms with E-state index in [2.05, 4.69) is 26.0 Å². The number of benzene rings is 1. The molecule has 0 aliphatic carbocycles. The molecule has 292 valence electrons. The Morgan fingerprint density at radius 2 is 1.81 bits per heavy atom. The van der Waals surface area contributed by atoms with E-state index in [0.29, 0.717) is 29.7 Å². The molecule has 4 atom stereocenters. The van der Waals surface area contributed by atoms with E-state index in [1.807, 2.05) is 36.4 Å². The van der Waals surface area contributed by atoms with Crippen molar-refractivity contribution in [2.24, 2.45) is 11.3 Å². The van der Waals surface area contributed by atoms with Gasteiger partial charge < -0.3 is 20.1 Å². The van der Waals surface area contributed by atoms with Crippen molar-refractivity contribution >= 4 is 92.8 Å². The van der Waals surface area contributed by atoms with Gasteiger partial charge in [-0.25, -0.2) is 15.4 Å². The van der Waals surface area contributed by atoms with E-state index in [4.69, 9.17) is 44.3 Å². The zero-order chi connectivity index (χ0) is 39.8. The van der Waals surface area contributed by atoms with Gasteiger partial charge in [-0.05, 0) is 57.2 Å². The molecular weight excluding hydrogens is 779 g/mol. The minimum atomic E-state index is -1.79. The van der Waals surface area contributed by atoms with Crippen molar-refractivity contribution in [3.63, 3.8) is 0 Å². The van der Waals surface area contributed by atoms with Gasteiger partial charge in [0.2, 0.25) is 15.6 Å². The third-order valence-corrected chi connectivity index (χ3v) is 9.60. The predicted molar refractivity (Wildman–Crippen MR) is 208 cm³/mol. The summed E-state index contributed by atoms with van der Waals surface area (Å²) in [5.41, 5.74) is 6.16. The maximum absolute atomic E-state index is 13.9. The Morgan fingerprint density at radius 1 is 1.09 bits per heavy atom. The van der Waals surface area contributed by atoms with Crippen LogP contribution in [0.1, 0.15) is 77.4 Å². The summed E-state index contributed by atoms with van der Waals surface area (Å²) in [5, 5.41) is 9.68. The Labute approximate surface area is 333 Å². The highest BCUT2D eigenvalue weighted by Gasteiger charge is 2.37. The number of rotatable bonds is 14. The Balaban J connectivity index is 1.46. The molecule has 1 aliphatic rings. The fourth-order valence-corrected chi connectivity index (χ4v) is 6.33. The van der Waals surface area contributed by atoms with Crippen molar-refractivity contribution in [1.82, 2.24) is 31.0 Å². The molecule has 3 amide bonds. The summed E-state index contributed by atoms with van der Waals surface area (Å²) >= 11 is 18.5. The van der Waals surface area contributed by atoms with E-state index < -0.39 is 69.7 Å². The average molecular weight is 824 g/mol. The number of pyridine rings is 1. The van der Waals surface area contributed by atoms with E-state index in [-0.39, 0.29) is 18.9 Å². The number of hydrazine groups is 1. The SMILES string of the molecule is CC(=O)O[C@H](C)c1ccc2ccc(/C=C/C(C)(C)C(=O)N[C@H](C(=O)N[C@@H](Cc3cscn3)C(=O)N3CCC[C@@H](C(=O)OCC(Cl)(Cl)Cl)N3)C(C)C)cc2n1. The molecule has 0 unspecified atom stereocenters. The number of carbonyl (C=O) groups excluding carboxylic acids is 5. The summed E-state index contributed by atoms with van der Waals surface area (Å²) in [4.78, 5) is 74.5. The van der Waals surface area contributed by atoms with Crippen molar-refractivity contribution < 1.29 is 33.4 Å². The molecule has 1 fully saturated rings. The molecular formula is C37H45Cl3N6O7S. The van der Waals surface area contributed by atoms with Crippen molar-refractivity contribution in [3.05, 3.63) is 64.2 Å². The van der Waals surface area contributed by atoms with Gasteiger partial charge >= 0.3 is 11.9 Å². The first-order valence-corrected chi connectivity index (χ1v) is 19.5. The van der Waals surface area contributed by atoms with Crippen LogP contribution in [0.15, 0.2) is 47.3 Å². The minimum Gasteiger partial charge on any atom is -0.460 e. The summed E-state index contributed by atoms with van der Waals surface area (Å²) in [6, 6.07) is 6.47. The first-order valence-electron chi connectivity index (χ1n) is 17.4. The second-order valence-electron chi connectivity index (χ2n) is 14.0. The van der Waals surface area contributed by atoms with Gasteiger partial charge in [-0.3, -0.25) is 29.0 Å². The fraction of sp³-hybridized carbons (Fsp3) is 0.486. The molecule has 2 aromatic heterocycles. The monoisotopic (exact) mass is 822 g/mol. The Kier molecular flexibility index (Phi) is 14.8. The van der Waals surface area contributed by atoms with Crippen LogP contribution >= 0.6 is 46.1 Å². The highest BCUT2D eigenvalue weighted by molar-refractivity contribution is 7.07. The number of nitrogens with zero attached hydrogens (tertiary/aromatic N) is 3. The molecule has 3 aromatic rings. The quantitative estimate of drug-likeness (QED) is 0.137. The molecule has 0 radical (unpaired) electrons. The van der Waals surface area contributed by atoms with Crippen LogP contribution in [-0.4, -0.2) is 79.7 Å². The summed E-state index contributed by atoms with van der Waals surface area (Å²) < 4.78 is 8.60. The zero-order valence-electron chi connectivity index (χ0n) is 30.9. The first kappa shape index (κ1) is 42.9. The van der Waals surface area contributed by atoms with Gasteiger partial charge in [-0.1, -0.05) is 79.0 Å². The molecule has 1 saturated heterocycles. The number of fused-ring (bicyclic) bond motifs is 1. The summed E-state index contributed by atoms with van der Waals surface area (Å²) in [6.07, 6.45) is 3.98. The molecule has 17 heteroatoms. The van der Waals surface area contributed by atoms with Crippen LogP contribution in [-0.2, 0) is 39.9 Å². The van der Waals surface area contributed by atoms with Crippen LogP contribution in [0.25, 0.3) is 17.0 Å². The van der Waals surface area contributed by atoms with Crippen LogP contribution in [0, 0.1) is 11.3 Å². The lowest BCUT2D eigenvalue weighted by atomic mass is 9.89. The molecule has 13 nitrogen and oxygen atoms in total. The molecule has 0 bridgehead atoms. The van der Waals surface area contributed by atoms with Crippen LogP contribution in [0.4, 0.5) is 0 Å². The summed E-state index contributed by atoms with van der Waals surface area (Å²) in [5.74, 6) is -2.88. The smallest absolute Gasteiger partial charge is 0.325 e. The molecule has 0 spiro atoms. The van der Waals surface area contributed by atoms with Gasteiger partial charge in [0.05, 0.1) is 27.8 Å². The first-order chi connectivity index (χ1) is 25.3. The largest absolute Gasteiger partial charge is 0.460 e. The number of hydrogen-bond acceptors (Lipinski definition) is 11. The third kappa shape index (κ3) is 12.4. The van der Waals surface area contributed by atoms with E-state index in [0.717, 1.165) is 10.9 Å². The molecule has 1 aromatic carbocycles. The lowest BCUT2D eigenvalue weighted by Crippen LogP contribution is -2.62. The Morgan fingerprint density at radius 3 is 2.46 bits per heavy atom. The number of thiazole rings is 1. The molecule has 0 saturated carbocycles. The van der Waals surface area contributed by atoms with Gasteiger partial charge in [0.1, 0.15) is 30.8 Å². The number of ether oxygens (including phenoxy) is 2. The molecule has 3 heterocycles. The molecule has 1 aliphatic heterocycles. The normalized spacial score (nSPS) is 16.9. The van der Waals surface area contributed by atoms with Crippen molar-refractivity contribution in [2.75, 3.05) is 13.2 Å². The number of hydrogen-bond donors (Lipinski definition) is 3. The summed E-state index contributed by atoms with van der Waals surface area (Å²) in [7, 11) is 0. The fourth-order valence-electron chi connectivity index (χ4n) is 5.60. The summed E-state index contributed by atoms with van der Waals surface area (Å²) in [6.45, 7) is 9.97. The topological polar surface area (TPSA) is 169 Å². The second-order valence-corrected chi connectivity index (χ2v) is 17.2. The lowest BCUT2D eigenvalue weighted by molar-refractivity contribution is -0.153. The van der Waals surface area contributed by atoms with Crippen LogP contribution in [0.3, 0.4) is 0 Å². The van der Waals surface area contributed by atoms with Gasteiger partial charge in [0.15, 0.2) is 0 Å². The van der Waals surface area contributed by atoms with E-state index in [1.165, 1.54) is 23.3 Å². The molecule has 54 heavy (non-hydrogen) atoms. The van der Waals surface area contributed by atoms with Crippen molar-refractivity contribution in [3.8, 4) is 0 Å². The average Bonchev–Trinajstić information content (AvgIpc) is 3.63. The van der Waals surface area contributed by atoms with Gasteiger partial charge in [0.25, 0.3) is 5.91 Å². The van der Waals surface area contributed by atoms with E-state index >= 15 is 0 Å². The van der Waals surface area contributed by atoms with Crippen molar-refractivity contribution in [2.45, 2.75) is 88.8 Å². The Bertz CT molecular complexity index is 1850. The number of nitrogens with one attached hydrogen (secondary N) is 3. The number of amides is 3. The Hall–Kier alpha value is -3.82. The maximum atomic E-state index is 13.9. The van der Waals surface area contributed by atoms with Gasteiger partial charge in [-0.15, -0.1) is 11.3 Å². The zero-order valence-corrected chi connectivity index (χ0v) is 33.9. The number of esters is 2. The molecule has 3 N–H and O–H groups in total. The standard InChI is InChI=1S/C37H45Cl3N6O7S/c1-21(2)31(44-35(51)36(5,6)14-13-24-9-10-25-11-12-27(42-29(25)16-24)22(3)53-23(4)47)32(48)43-30(17-26-18-54-20-41-26)33(49)46-15-7-8-28(45-46)34(50)52-19-37(38,39)40/h9-14,16,18,20-22,28,30-31,45H,7-8,15,17,19H2,1-6H3,(H,43,48)(H,44,51)/b14-13+/t22-,28+,30+,31+/m1/s1. The predicted octanol–water partition coefficient (Wildman–Crippen LogP) is 5.63. The number of halogens is 3.